The van der Waals surface area contributed by atoms with Gasteiger partial charge in [0.2, 0.25) is 0 Å². The second kappa shape index (κ2) is 4.39. The average Bonchev–Trinajstić information content (AvgIpc) is 2.15. The molecule has 1 rings (SSSR count). The van der Waals surface area contributed by atoms with Crippen LogP contribution in [0.15, 0.2) is 0 Å². The van der Waals surface area contributed by atoms with Crippen LogP contribution in [0, 0.1) is 0 Å². The molecule has 1 saturated heterocycles. The molecule has 1 fully saturated rings. The summed E-state index contributed by atoms with van der Waals surface area (Å²) in [7, 11) is 1.85. The normalized spacial score (nSPS) is 46.3. The first-order chi connectivity index (χ1) is 6.11. The lowest BCUT2D eigenvalue weighted by Gasteiger charge is -2.40. The van der Waals surface area contributed by atoms with Crippen molar-refractivity contribution in [3.8, 4) is 0 Å². The van der Waals surface area contributed by atoms with E-state index >= 15 is 0 Å². The number of rotatable bonds is 2. The van der Waals surface area contributed by atoms with E-state index in [0.717, 1.165) is 0 Å². The third-order valence-electron chi connectivity index (χ3n) is 2.48. The van der Waals surface area contributed by atoms with E-state index < -0.39 is 30.5 Å². The zero-order valence-electron chi connectivity index (χ0n) is 7.63. The lowest BCUT2D eigenvalue weighted by Crippen LogP contribution is -2.61. The molecule has 5 atom stereocenters. The molecule has 0 radical (unpaired) electrons. The van der Waals surface area contributed by atoms with Gasteiger partial charge in [-0.3, -0.25) is 0 Å². The number of hydrogen-bond acceptors (Lipinski definition) is 5. The highest BCUT2D eigenvalue weighted by atomic mass is 16.5. The highest BCUT2D eigenvalue weighted by Crippen LogP contribution is 2.21. The van der Waals surface area contributed by atoms with Crippen molar-refractivity contribution in [1.82, 2.24) is 0 Å². The fourth-order valence-corrected chi connectivity index (χ4v) is 1.57. The van der Waals surface area contributed by atoms with Gasteiger partial charge in [0.1, 0.15) is 20.1 Å². The topological polar surface area (TPSA) is 95.9 Å². The van der Waals surface area contributed by atoms with Gasteiger partial charge in [-0.25, -0.2) is 0 Å². The predicted octanol–water partition coefficient (Wildman–Crippen LogP) is -3.15. The largest absolute Gasteiger partial charge is 0.394 e. The zero-order valence-corrected chi connectivity index (χ0v) is 7.63. The van der Waals surface area contributed by atoms with Gasteiger partial charge in [-0.15, -0.1) is 0 Å². The van der Waals surface area contributed by atoms with Crippen LogP contribution in [-0.2, 0) is 4.74 Å². The number of hydrogen-bond donors (Lipinski definition) is 4. The second-order valence-electron chi connectivity index (χ2n) is 3.36. The Morgan fingerprint density at radius 2 is 1.77 bits per heavy atom. The monoisotopic (exact) mass is 189 g/mol. The summed E-state index contributed by atoms with van der Waals surface area (Å²) in [6.45, 7) is -0.280. The second-order valence-corrected chi connectivity index (χ2v) is 3.36. The van der Waals surface area contributed by atoms with Crippen LogP contribution in [0.1, 0.15) is 0 Å². The lowest BCUT2D eigenvalue weighted by molar-refractivity contribution is -0.182. The maximum Gasteiger partial charge on any atom is 0.108 e. The SMILES string of the molecule is BC[C@H]1OC(CO)[C@H](O)[C@H](N)C1O. The number of nitrogens with two attached hydrogens (primary N) is 1. The summed E-state index contributed by atoms with van der Waals surface area (Å²) in [5, 5.41) is 27.8. The minimum Gasteiger partial charge on any atom is -0.394 e. The molecule has 5 N–H and O–H groups in total. The summed E-state index contributed by atoms with van der Waals surface area (Å²) in [6, 6.07) is -0.740. The number of ether oxygens (including phenoxy) is 1. The van der Waals surface area contributed by atoms with Crippen molar-refractivity contribution in [1.29, 1.82) is 0 Å². The van der Waals surface area contributed by atoms with E-state index in [4.69, 9.17) is 15.6 Å². The highest BCUT2D eigenvalue weighted by molar-refractivity contribution is 6.08. The van der Waals surface area contributed by atoms with Gasteiger partial charge in [-0.1, -0.05) is 6.32 Å². The van der Waals surface area contributed by atoms with Crippen LogP contribution in [-0.4, -0.2) is 60.2 Å². The summed E-state index contributed by atoms with van der Waals surface area (Å²) < 4.78 is 5.25. The molecule has 13 heavy (non-hydrogen) atoms. The molecule has 0 bridgehead atoms. The van der Waals surface area contributed by atoms with Crippen molar-refractivity contribution in [3.63, 3.8) is 0 Å². The standard InChI is InChI=1S/C7H16BNO4/c8-1-3-6(11)5(9)7(12)4(2-10)13-3/h3-7,10-12H,1-2,8-9H2/t3-,4?,5-,6?,7+/m1/s1. The fourth-order valence-electron chi connectivity index (χ4n) is 1.57. The Kier molecular flexibility index (Phi) is 3.69. The van der Waals surface area contributed by atoms with Crippen molar-refractivity contribution in [2.24, 2.45) is 5.73 Å². The summed E-state index contributed by atoms with van der Waals surface area (Å²) in [6.07, 6.45) is -2.32. The minimum absolute atomic E-state index is 0.280. The molecule has 0 amide bonds. The molecule has 1 aliphatic rings. The van der Waals surface area contributed by atoms with Crippen molar-refractivity contribution in [3.05, 3.63) is 0 Å². The summed E-state index contributed by atoms with van der Waals surface area (Å²) in [5.74, 6) is 0. The van der Waals surface area contributed by atoms with Crippen LogP contribution < -0.4 is 5.73 Å². The van der Waals surface area contributed by atoms with Crippen LogP contribution in [0.5, 0.6) is 0 Å². The molecule has 6 heteroatoms. The van der Waals surface area contributed by atoms with Crippen LogP contribution in [0.3, 0.4) is 0 Å². The summed E-state index contributed by atoms with van der Waals surface area (Å²) >= 11 is 0. The summed E-state index contributed by atoms with van der Waals surface area (Å²) in [5.41, 5.74) is 5.56. The third-order valence-corrected chi connectivity index (χ3v) is 2.48. The Bertz CT molecular complexity index is 151. The minimum atomic E-state index is -0.997. The molecule has 0 aromatic carbocycles. The van der Waals surface area contributed by atoms with Gasteiger partial charge < -0.3 is 25.8 Å². The van der Waals surface area contributed by atoms with Gasteiger partial charge in [0.25, 0.3) is 0 Å². The average molecular weight is 189 g/mol. The van der Waals surface area contributed by atoms with Crippen LogP contribution >= 0.6 is 0 Å². The van der Waals surface area contributed by atoms with Gasteiger partial charge in [0.15, 0.2) is 0 Å². The Balaban J connectivity index is 2.66. The molecule has 0 aromatic heterocycles. The van der Waals surface area contributed by atoms with E-state index in [1.807, 2.05) is 7.85 Å². The molecular formula is C7H16BNO4. The molecule has 5 nitrogen and oxygen atoms in total. The maximum absolute atomic E-state index is 9.53. The molecule has 76 valence electrons. The summed E-state index contributed by atoms with van der Waals surface area (Å²) in [4.78, 5) is 0. The first-order valence-electron chi connectivity index (χ1n) is 4.49. The molecule has 1 heterocycles. The Hall–Kier alpha value is -0.135. The molecule has 0 aromatic rings. The highest BCUT2D eigenvalue weighted by Gasteiger charge is 2.41. The molecule has 0 spiro atoms. The Labute approximate surface area is 77.9 Å². The molecular weight excluding hydrogens is 173 g/mol. The van der Waals surface area contributed by atoms with Crippen LogP contribution in [0.4, 0.5) is 0 Å². The maximum atomic E-state index is 9.53. The van der Waals surface area contributed by atoms with E-state index in [2.05, 4.69) is 0 Å². The van der Waals surface area contributed by atoms with Crippen molar-refractivity contribution in [2.45, 2.75) is 36.8 Å². The van der Waals surface area contributed by atoms with Gasteiger partial charge in [0.05, 0.1) is 24.9 Å². The smallest absolute Gasteiger partial charge is 0.108 e. The Morgan fingerprint density at radius 1 is 1.23 bits per heavy atom. The number of aliphatic hydroxyl groups excluding tert-OH is 3. The zero-order chi connectivity index (χ0) is 10.0. The first-order valence-corrected chi connectivity index (χ1v) is 4.49. The van der Waals surface area contributed by atoms with Crippen molar-refractivity contribution < 1.29 is 20.1 Å². The number of aliphatic hydroxyl groups is 3. The first kappa shape index (κ1) is 10.9. The Morgan fingerprint density at radius 3 is 2.23 bits per heavy atom. The molecule has 1 aliphatic heterocycles. The lowest BCUT2D eigenvalue weighted by atomic mass is 9.86. The predicted molar refractivity (Wildman–Crippen MR) is 49.1 cm³/mol. The molecule has 0 saturated carbocycles. The van der Waals surface area contributed by atoms with Crippen molar-refractivity contribution in [2.75, 3.05) is 6.61 Å². The fraction of sp³-hybridized carbons (Fsp3) is 1.00. The van der Waals surface area contributed by atoms with Crippen LogP contribution in [0.2, 0.25) is 6.32 Å². The van der Waals surface area contributed by atoms with Crippen LogP contribution in [0.25, 0.3) is 0 Å². The molecule has 0 aliphatic carbocycles. The van der Waals surface area contributed by atoms with Gasteiger partial charge in [-0.05, 0) is 0 Å². The quantitative estimate of drug-likeness (QED) is 0.344. The van der Waals surface area contributed by atoms with E-state index in [1.165, 1.54) is 0 Å². The van der Waals surface area contributed by atoms with Gasteiger partial charge in [0, 0.05) is 0 Å². The van der Waals surface area contributed by atoms with E-state index in [-0.39, 0.29) is 6.61 Å². The van der Waals surface area contributed by atoms with Gasteiger partial charge >= 0.3 is 0 Å². The van der Waals surface area contributed by atoms with E-state index in [9.17, 15) is 10.2 Å². The van der Waals surface area contributed by atoms with E-state index in [1.54, 1.807) is 0 Å². The third kappa shape index (κ3) is 2.03. The van der Waals surface area contributed by atoms with Crippen molar-refractivity contribution >= 4 is 7.85 Å². The van der Waals surface area contributed by atoms with E-state index in [0.29, 0.717) is 6.32 Å². The molecule has 2 unspecified atom stereocenters. The van der Waals surface area contributed by atoms with Gasteiger partial charge in [-0.2, -0.15) is 0 Å².